The highest BCUT2D eigenvalue weighted by Gasteiger charge is 2.20. The lowest BCUT2D eigenvalue weighted by Crippen LogP contribution is -1.97. The van der Waals surface area contributed by atoms with Crippen molar-refractivity contribution < 1.29 is 14.1 Å². The van der Waals surface area contributed by atoms with Crippen molar-refractivity contribution in [1.82, 2.24) is 4.98 Å². The second kappa shape index (κ2) is 4.66. The number of nitro groups is 1. The Morgan fingerprint density at radius 3 is 2.83 bits per heavy atom. The Labute approximate surface area is 101 Å². The Hall–Kier alpha value is -2.70. The highest BCUT2D eigenvalue weighted by molar-refractivity contribution is 5.49. The van der Waals surface area contributed by atoms with Crippen molar-refractivity contribution in [1.29, 1.82) is 0 Å². The van der Waals surface area contributed by atoms with Crippen LogP contribution in [0.3, 0.4) is 0 Å². The highest BCUT2D eigenvalue weighted by Crippen LogP contribution is 2.33. The number of nitrogens with zero attached hydrogens (tertiary/aromatic N) is 2. The molecule has 0 unspecified atom stereocenters. The molecule has 0 spiro atoms. The number of nitro benzene ring substituents is 1. The lowest BCUT2D eigenvalue weighted by molar-refractivity contribution is -0.385. The monoisotopic (exact) mass is 249 g/mol. The lowest BCUT2D eigenvalue weighted by Gasteiger charge is -2.06. The summed E-state index contributed by atoms with van der Waals surface area (Å²) in [5.74, 6) is -1.34. The van der Waals surface area contributed by atoms with Crippen LogP contribution in [0.25, 0.3) is 0 Å². The van der Waals surface area contributed by atoms with Crippen LogP contribution in [0.2, 0.25) is 0 Å². The van der Waals surface area contributed by atoms with Gasteiger partial charge in [0.15, 0.2) is 5.82 Å². The van der Waals surface area contributed by atoms with Crippen molar-refractivity contribution in [2.45, 2.75) is 0 Å². The van der Waals surface area contributed by atoms with Crippen molar-refractivity contribution in [3.8, 4) is 11.6 Å². The Morgan fingerprint density at radius 1 is 1.39 bits per heavy atom. The summed E-state index contributed by atoms with van der Waals surface area (Å²) in [4.78, 5) is 13.8. The molecule has 2 N–H and O–H groups in total. The number of benzene rings is 1. The molecule has 0 fully saturated rings. The fourth-order valence-corrected chi connectivity index (χ4v) is 1.33. The molecule has 1 heterocycles. The van der Waals surface area contributed by atoms with Gasteiger partial charge in [0.2, 0.25) is 11.6 Å². The highest BCUT2D eigenvalue weighted by atomic mass is 19.1. The number of hydrogen-bond donors (Lipinski definition) is 1. The van der Waals surface area contributed by atoms with E-state index in [0.717, 1.165) is 12.1 Å². The minimum absolute atomic E-state index is 0.0109. The number of nitrogens with two attached hydrogens (primary N) is 1. The van der Waals surface area contributed by atoms with E-state index in [1.807, 2.05) is 0 Å². The zero-order valence-electron chi connectivity index (χ0n) is 9.04. The van der Waals surface area contributed by atoms with Gasteiger partial charge in [-0.2, -0.15) is 0 Å². The maximum absolute atomic E-state index is 13.5. The molecule has 0 amide bonds. The van der Waals surface area contributed by atoms with Gasteiger partial charge >= 0.3 is 5.69 Å². The van der Waals surface area contributed by atoms with E-state index in [2.05, 4.69) is 4.98 Å². The smallest absolute Gasteiger partial charge is 0.314 e. The largest absolute Gasteiger partial charge is 0.429 e. The first-order valence-electron chi connectivity index (χ1n) is 4.90. The Kier molecular flexibility index (Phi) is 3.05. The molecule has 2 aromatic rings. The molecule has 0 saturated heterocycles. The molecule has 92 valence electrons. The van der Waals surface area contributed by atoms with Crippen LogP contribution in [0.1, 0.15) is 0 Å². The van der Waals surface area contributed by atoms with Crippen LogP contribution in [0.4, 0.5) is 15.8 Å². The third kappa shape index (κ3) is 2.34. The van der Waals surface area contributed by atoms with Crippen molar-refractivity contribution >= 4 is 11.4 Å². The Balaban J connectivity index is 2.42. The molecule has 18 heavy (non-hydrogen) atoms. The number of halogens is 1. The summed E-state index contributed by atoms with van der Waals surface area (Å²) in [6, 6.07) is 6.30. The number of ether oxygens (including phenoxy) is 1. The summed E-state index contributed by atoms with van der Waals surface area (Å²) in [5, 5.41) is 10.7. The molecule has 2 rings (SSSR count). The number of para-hydroxylation sites is 1. The third-order valence-corrected chi connectivity index (χ3v) is 2.11. The SMILES string of the molecule is Nc1ccnc(Oc2c(F)cccc2[N+](=O)[O-])c1. The summed E-state index contributed by atoms with van der Waals surface area (Å²) in [6.45, 7) is 0. The average Bonchev–Trinajstić information content (AvgIpc) is 2.31. The van der Waals surface area contributed by atoms with Gasteiger partial charge in [0.1, 0.15) is 0 Å². The van der Waals surface area contributed by atoms with Crippen molar-refractivity contribution in [3.05, 3.63) is 52.5 Å². The molecule has 0 saturated carbocycles. The average molecular weight is 249 g/mol. The standard InChI is InChI=1S/C11H8FN3O3/c12-8-2-1-3-9(15(16)17)11(8)18-10-6-7(13)4-5-14-10/h1-6H,(H2,13,14). The minimum atomic E-state index is -0.839. The van der Waals surface area contributed by atoms with E-state index in [-0.39, 0.29) is 5.88 Å². The minimum Gasteiger partial charge on any atom is -0.429 e. The molecule has 6 nitrogen and oxygen atoms in total. The maximum Gasteiger partial charge on any atom is 0.314 e. The molecule has 0 bridgehead atoms. The van der Waals surface area contributed by atoms with Gasteiger partial charge in [0.05, 0.1) is 4.92 Å². The van der Waals surface area contributed by atoms with Crippen LogP contribution >= 0.6 is 0 Å². The molecule has 7 heteroatoms. The fourth-order valence-electron chi connectivity index (χ4n) is 1.33. The molecular formula is C11H8FN3O3. The fraction of sp³-hybridized carbons (Fsp3) is 0. The number of anilines is 1. The van der Waals surface area contributed by atoms with Gasteiger partial charge in [-0.15, -0.1) is 0 Å². The quantitative estimate of drug-likeness (QED) is 0.666. The summed E-state index contributed by atoms with van der Waals surface area (Å²) < 4.78 is 18.6. The van der Waals surface area contributed by atoms with Crippen LogP contribution < -0.4 is 10.5 Å². The first-order chi connectivity index (χ1) is 8.58. The van der Waals surface area contributed by atoms with Crippen LogP contribution in [-0.2, 0) is 0 Å². The molecular weight excluding hydrogens is 241 g/mol. The second-order valence-corrected chi connectivity index (χ2v) is 3.37. The number of hydrogen-bond acceptors (Lipinski definition) is 5. The zero-order chi connectivity index (χ0) is 13.1. The van der Waals surface area contributed by atoms with E-state index in [1.54, 1.807) is 0 Å². The second-order valence-electron chi connectivity index (χ2n) is 3.37. The van der Waals surface area contributed by atoms with Gasteiger partial charge in [-0.25, -0.2) is 9.37 Å². The van der Waals surface area contributed by atoms with Gasteiger partial charge in [0, 0.05) is 24.0 Å². The van der Waals surface area contributed by atoms with Crippen molar-refractivity contribution in [3.63, 3.8) is 0 Å². The van der Waals surface area contributed by atoms with Crippen LogP contribution in [0.5, 0.6) is 11.6 Å². The Bertz CT molecular complexity index is 604. The van der Waals surface area contributed by atoms with E-state index in [4.69, 9.17) is 10.5 Å². The summed E-state index contributed by atoms with van der Waals surface area (Å²) in [6.07, 6.45) is 1.36. The Morgan fingerprint density at radius 2 is 2.17 bits per heavy atom. The maximum atomic E-state index is 13.5. The topological polar surface area (TPSA) is 91.3 Å². The predicted octanol–water partition coefficient (Wildman–Crippen LogP) is 2.50. The number of nitrogen functional groups attached to an aromatic ring is 1. The predicted molar refractivity (Wildman–Crippen MR) is 61.8 cm³/mol. The van der Waals surface area contributed by atoms with Crippen molar-refractivity contribution in [2.24, 2.45) is 0 Å². The molecule has 0 aliphatic rings. The van der Waals surface area contributed by atoms with Gasteiger partial charge in [-0.1, -0.05) is 6.07 Å². The molecule has 1 aromatic carbocycles. The molecule has 0 atom stereocenters. The zero-order valence-corrected chi connectivity index (χ0v) is 9.04. The van der Waals surface area contributed by atoms with E-state index in [0.29, 0.717) is 5.69 Å². The molecule has 1 aromatic heterocycles. The molecule has 0 radical (unpaired) electrons. The third-order valence-electron chi connectivity index (χ3n) is 2.11. The van der Waals surface area contributed by atoms with Crippen LogP contribution in [-0.4, -0.2) is 9.91 Å². The number of pyridine rings is 1. The summed E-state index contributed by atoms with van der Waals surface area (Å²) >= 11 is 0. The summed E-state index contributed by atoms with van der Waals surface area (Å²) in [7, 11) is 0. The van der Waals surface area contributed by atoms with Gasteiger partial charge < -0.3 is 10.5 Å². The van der Waals surface area contributed by atoms with E-state index < -0.39 is 22.2 Å². The van der Waals surface area contributed by atoms with Crippen LogP contribution in [0, 0.1) is 15.9 Å². The van der Waals surface area contributed by atoms with E-state index in [9.17, 15) is 14.5 Å². The molecule has 0 aliphatic carbocycles. The molecule has 0 aliphatic heterocycles. The summed E-state index contributed by atoms with van der Waals surface area (Å²) in [5.41, 5.74) is 5.39. The number of aromatic nitrogens is 1. The van der Waals surface area contributed by atoms with Crippen molar-refractivity contribution in [2.75, 3.05) is 5.73 Å². The van der Waals surface area contributed by atoms with Gasteiger partial charge in [-0.3, -0.25) is 10.1 Å². The first kappa shape index (κ1) is 11.8. The number of rotatable bonds is 3. The van der Waals surface area contributed by atoms with E-state index >= 15 is 0 Å². The normalized spacial score (nSPS) is 10.1. The lowest BCUT2D eigenvalue weighted by atomic mass is 10.3. The van der Waals surface area contributed by atoms with Crippen LogP contribution in [0.15, 0.2) is 36.5 Å². The van der Waals surface area contributed by atoms with Gasteiger partial charge in [-0.05, 0) is 12.1 Å². The van der Waals surface area contributed by atoms with Gasteiger partial charge in [0.25, 0.3) is 0 Å². The first-order valence-corrected chi connectivity index (χ1v) is 4.90. The van der Waals surface area contributed by atoms with E-state index in [1.165, 1.54) is 24.4 Å².